The van der Waals surface area contributed by atoms with Crippen molar-refractivity contribution in [1.29, 1.82) is 0 Å². The Morgan fingerprint density at radius 3 is 2.40 bits per heavy atom. The first kappa shape index (κ1) is 22.0. The van der Waals surface area contributed by atoms with E-state index in [1.165, 1.54) is 44.5 Å². The number of carbonyl (C=O) groups is 1. The second kappa shape index (κ2) is 7.72. The third-order valence-corrected chi connectivity index (χ3v) is 8.51. The summed E-state index contributed by atoms with van der Waals surface area (Å²) in [5, 5.41) is 3.79. The largest absolute Gasteiger partial charge is 0.463 e. The summed E-state index contributed by atoms with van der Waals surface area (Å²) in [6, 6.07) is 2.87. The highest BCUT2D eigenvalue weighted by molar-refractivity contribution is 6.67. The van der Waals surface area contributed by atoms with Crippen LogP contribution in [0.3, 0.4) is 0 Å². The second-order valence-electron chi connectivity index (χ2n) is 11.6. The van der Waals surface area contributed by atoms with Gasteiger partial charge in [-0.05, 0) is 56.7 Å². The van der Waals surface area contributed by atoms with E-state index in [2.05, 4.69) is 46.7 Å². The van der Waals surface area contributed by atoms with Crippen molar-refractivity contribution in [2.75, 3.05) is 26.2 Å². The number of aryl methyl sites for hydroxylation is 1. The average molecular weight is 406 g/mol. The van der Waals surface area contributed by atoms with Crippen molar-refractivity contribution in [3.63, 3.8) is 0 Å². The molecule has 3 heterocycles. The van der Waals surface area contributed by atoms with Crippen LogP contribution < -0.4 is 0 Å². The van der Waals surface area contributed by atoms with Crippen LogP contribution in [0.15, 0.2) is 12.3 Å². The van der Waals surface area contributed by atoms with E-state index >= 15 is 0 Å². The Labute approximate surface area is 185 Å². The number of amides is 1. The predicted molar refractivity (Wildman–Crippen MR) is 133 cm³/mol. The van der Waals surface area contributed by atoms with Gasteiger partial charge in [0.2, 0.25) is 0 Å². The minimum absolute atomic E-state index is 0.0801. The summed E-state index contributed by atoms with van der Waals surface area (Å²) >= 11 is 0. The van der Waals surface area contributed by atoms with Gasteiger partial charge in [-0.3, -0.25) is 4.68 Å². The van der Waals surface area contributed by atoms with Crippen LogP contribution in [-0.4, -0.2) is 103 Å². The molecule has 3 aliphatic rings. The fourth-order valence-electron chi connectivity index (χ4n) is 5.40. The number of piperidine rings is 1. The average Bonchev–Trinajstić information content (AvgIpc) is 3.26. The van der Waals surface area contributed by atoms with E-state index in [1.54, 1.807) is 0 Å². The molecule has 1 saturated carbocycles. The maximum atomic E-state index is 12.8. The van der Waals surface area contributed by atoms with Gasteiger partial charge in [-0.15, -0.1) is 0 Å². The molecule has 1 spiro atoms. The molecule has 30 heavy (non-hydrogen) atoms. The number of aromatic nitrogens is 2. The Kier molecular flexibility index (Phi) is 5.65. The van der Waals surface area contributed by atoms with E-state index in [0.29, 0.717) is 17.4 Å². The van der Waals surface area contributed by atoms with Crippen LogP contribution in [0.2, 0.25) is 5.11 Å². The topological polar surface area (TPSA) is 50.6 Å². The van der Waals surface area contributed by atoms with Gasteiger partial charge in [0.15, 0.2) is 0 Å². The van der Waals surface area contributed by atoms with Crippen LogP contribution in [0.1, 0.15) is 43.7 Å². The van der Waals surface area contributed by atoms with Gasteiger partial charge in [-0.25, -0.2) is 4.79 Å². The monoisotopic (exact) mass is 406 g/mol. The number of hydrogen-bond acceptors (Lipinski definition) is 4. The first-order valence-electron chi connectivity index (χ1n) is 11.7. The lowest BCUT2D eigenvalue weighted by atomic mass is 9.28. The molecule has 1 aromatic rings. The summed E-state index contributed by atoms with van der Waals surface area (Å²) < 4.78 is 7.95. The van der Waals surface area contributed by atoms with E-state index in [4.69, 9.17) is 4.74 Å². The Morgan fingerprint density at radius 1 is 1.17 bits per heavy atom. The van der Waals surface area contributed by atoms with Crippen LogP contribution in [0.4, 0.5) is 4.79 Å². The molecule has 1 aromatic heterocycles. The molecule has 3 fully saturated rings. The molecule has 2 aliphatic heterocycles. The molecule has 4 rings (SSSR count). The van der Waals surface area contributed by atoms with Gasteiger partial charge in [0.05, 0.1) is 23.5 Å². The van der Waals surface area contributed by atoms with Crippen LogP contribution >= 0.6 is 0 Å². The lowest BCUT2D eigenvalue weighted by molar-refractivity contribution is -0.00610. The Morgan fingerprint density at radius 2 is 1.83 bits per heavy atom. The van der Waals surface area contributed by atoms with E-state index in [0.717, 1.165) is 19.5 Å². The van der Waals surface area contributed by atoms with Gasteiger partial charge in [0.1, 0.15) is 15.7 Å². The third-order valence-electron chi connectivity index (χ3n) is 8.51. The predicted octanol–water partition coefficient (Wildman–Crippen LogP) is -2.52. The van der Waals surface area contributed by atoms with Gasteiger partial charge >= 0.3 is 6.09 Å². The number of likely N-dealkylation sites (tertiary alicyclic amines) is 2. The van der Waals surface area contributed by atoms with E-state index in [1.807, 2.05) is 31.5 Å². The van der Waals surface area contributed by atoms with E-state index in [-0.39, 0.29) is 11.2 Å². The van der Waals surface area contributed by atoms with Crippen molar-refractivity contribution in [1.82, 2.24) is 19.6 Å². The maximum absolute atomic E-state index is 12.8. The van der Waals surface area contributed by atoms with Crippen molar-refractivity contribution in [3.05, 3.63) is 18.0 Å². The number of hydrogen-bond donors (Lipinski definition) is 0. The van der Waals surface area contributed by atoms with Gasteiger partial charge in [0.25, 0.3) is 0 Å². The first-order valence-corrected chi connectivity index (χ1v) is 11.7. The molecule has 0 N–H and O–H groups in total. The minimum atomic E-state index is -0.472. The molecule has 0 atom stereocenters. The number of rotatable bonds is 4. The fourth-order valence-corrected chi connectivity index (χ4v) is 5.40. The molecule has 11 heteroatoms. The van der Waals surface area contributed by atoms with E-state index in [9.17, 15) is 4.79 Å². The molecule has 1 amide bonds. The molecule has 6 nitrogen and oxygen atoms in total. The highest BCUT2D eigenvalue weighted by Crippen LogP contribution is 2.51. The second-order valence-corrected chi connectivity index (χ2v) is 11.6. The molecule has 0 unspecified atom stereocenters. The Balaban J connectivity index is 1.25. The van der Waals surface area contributed by atoms with Crippen molar-refractivity contribution in [3.8, 4) is 0 Å². The number of nitrogens with zero attached hydrogens (tertiary/aromatic N) is 4. The minimum Gasteiger partial charge on any atom is -0.463 e. The van der Waals surface area contributed by atoms with E-state index < -0.39 is 5.40 Å². The van der Waals surface area contributed by atoms with Gasteiger partial charge in [-0.2, -0.15) is 5.10 Å². The van der Waals surface area contributed by atoms with Crippen LogP contribution in [0.25, 0.3) is 0 Å². The zero-order valence-electron chi connectivity index (χ0n) is 19.8. The highest BCUT2D eigenvalue weighted by Gasteiger charge is 2.52. The molecular weight excluding hydrogens is 370 g/mol. The van der Waals surface area contributed by atoms with Gasteiger partial charge in [-0.1, -0.05) is 5.11 Å². The molecule has 0 radical (unpaired) electrons. The molecule has 0 bridgehead atoms. The highest BCUT2D eigenvalue weighted by atomic mass is 16.6. The van der Waals surface area contributed by atoms with Crippen molar-refractivity contribution < 1.29 is 9.53 Å². The summed E-state index contributed by atoms with van der Waals surface area (Å²) in [5.41, 5.74) is 1.71. The normalized spacial score (nSPS) is 28.6. The summed E-state index contributed by atoms with van der Waals surface area (Å²) in [6.45, 7) is 4.08. The molecule has 158 valence electrons. The first-order chi connectivity index (χ1) is 14.0. The third kappa shape index (κ3) is 4.11. The standard InChI is InChI=1S/C19H35B5N4O2/c1-26-15(2-6-25-26)13-3-7-27(8-4-13)14-10-17(11-14)5-9-28(12-17)16(29)30-19(23,24)18(20,21)22/h2,6,13-14H,3-5,7-12,20-24H2,1H3. The molecule has 2 saturated heterocycles. The zero-order valence-corrected chi connectivity index (χ0v) is 19.8. The maximum Gasteiger partial charge on any atom is 0.408 e. The molecule has 1 aliphatic carbocycles. The molecule has 0 aromatic carbocycles. The van der Waals surface area contributed by atoms with Crippen LogP contribution in [0, 0.1) is 5.41 Å². The summed E-state index contributed by atoms with van der Waals surface area (Å²) in [7, 11) is 12.5. The Bertz CT molecular complexity index is 782. The smallest absolute Gasteiger partial charge is 0.408 e. The fraction of sp³-hybridized carbons (Fsp3) is 0.789. The summed E-state index contributed by atoms with van der Waals surface area (Å²) in [4.78, 5) is 17.4. The van der Waals surface area contributed by atoms with Crippen molar-refractivity contribution >= 4 is 45.3 Å². The summed E-state index contributed by atoms with van der Waals surface area (Å²) in [6.07, 6.45) is 7.82. The molecular formula is C19H35B5N4O2. The zero-order chi connectivity index (χ0) is 21.7. The quantitative estimate of drug-likeness (QED) is 0.519. The number of ether oxygens (including phenoxy) is 1. The lowest BCUT2D eigenvalue weighted by Crippen LogP contribution is -2.55. The Hall–Kier alpha value is -1.24. The lowest BCUT2D eigenvalue weighted by Gasteiger charge is -2.51. The van der Waals surface area contributed by atoms with Crippen molar-refractivity contribution in [2.24, 2.45) is 12.5 Å². The van der Waals surface area contributed by atoms with Gasteiger partial charge < -0.3 is 14.5 Å². The van der Waals surface area contributed by atoms with Crippen molar-refractivity contribution in [2.45, 2.75) is 54.6 Å². The SMILES string of the molecule is BC(B)(B)C(B)(B)OC(=O)N1CCC2(CC(N3CCC(c4ccnn4C)CC3)C2)C1. The van der Waals surface area contributed by atoms with Gasteiger partial charge in [0, 0.05) is 49.4 Å². The van der Waals surface area contributed by atoms with Crippen LogP contribution in [-0.2, 0) is 11.8 Å². The number of carbonyl (C=O) groups excluding carboxylic acids is 1. The van der Waals surface area contributed by atoms with Crippen LogP contribution in [0.5, 0.6) is 0 Å². The summed E-state index contributed by atoms with van der Waals surface area (Å²) in [5.74, 6) is 0.644.